The van der Waals surface area contributed by atoms with E-state index in [1.807, 2.05) is 0 Å². The minimum absolute atomic E-state index is 0.486. The lowest BCUT2D eigenvalue weighted by molar-refractivity contribution is 0.0689. The minimum atomic E-state index is 0.486. The molecule has 1 aliphatic heterocycles. The molecule has 17 heavy (non-hydrogen) atoms. The van der Waals surface area contributed by atoms with Crippen LogP contribution in [0.5, 0.6) is 0 Å². The maximum Gasteiger partial charge on any atom is 0.0702 e. The van der Waals surface area contributed by atoms with E-state index in [1.54, 1.807) is 0 Å². The molecule has 3 atom stereocenters. The fraction of sp³-hybridized carbons (Fsp3) is 1.00. The van der Waals surface area contributed by atoms with Crippen LogP contribution in [0.4, 0.5) is 0 Å². The Morgan fingerprint density at radius 1 is 1.06 bits per heavy atom. The summed E-state index contributed by atoms with van der Waals surface area (Å²) in [6.45, 7) is 4.15. The summed E-state index contributed by atoms with van der Waals surface area (Å²) in [4.78, 5) is 2.47. The molecule has 3 nitrogen and oxygen atoms in total. The maximum absolute atomic E-state index is 5.89. The van der Waals surface area contributed by atoms with Gasteiger partial charge in [0, 0.05) is 19.7 Å². The van der Waals surface area contributed by atoms with Gasteiger partial charge in [0.15, 0.2) is 0 Å². The van der Waals surface area contributed by atoms with Crippen LogP contribution in [0, 0.1) is 11.8 Å². The number of hydrogen-bond acceptors (Lipinski definition) is 3. The molecule has 3 heteroatoms. The van der Waals surface area contributed by atoms with Crippen LogP contribution in [0.15, 0.2) is 0 Å². The molecule has 1 heterocycles. The van der Waals surface area contributed by atoms with Crippen molar-refractivity contribution in [2.75, 3.05) is 33.3 Å². The van der Waals surface area contributed by atoms with Gasteiger partial charge in [-0.05, 0) is 51.1 Å². The largest absolute Gasteiger partial charge is 0.377 e. The van der Waals surface area contributed by atoms with Crippen LogP contribution in [0.25, 0.3) is 0 Å². The summed E-state index contributed by atoms with van der Waals surface area (Å²) in [5.74, 6) is 1.58. The monoisotopic (exact) mass is 240 g/mol. The average Bonchev–Trinajstić information content (AvgIpc) is 2.82. The topological polar surface area (TPSA) is 38.5 Å². The number of nitrogens with two attached hydrogens (primary N) is 1. The highest BCUT2D eigenvalue weighted by Gasteiger charge is 2.26. The van der Waals surface area contributed by atoms with E-state index < -0.39 is 0 Å². The van der Waals surface area contributed by atoms with Gasteiger partial charge in [-0.25, -0.2) is 0 Å². The smallest absolute Gasteiger partial charge is 0.0702 e. The first kappa shape index (κ1) is 13.3. The molecule has 0 radical (unpaired) electrons. The van der Waals surface area contributed by atoms with Crippen LogP contribution in [0.1, 0.15) is 38.5 Å². The molecule has 2 fully saturated rings. The predicted octanol–water partition coefficient (Wildman–Crippen LogP) is 1.86. The summed E-state index contributed by atoms with van der Waals surface area (Å²) in [5.41, 5.74) is 5.89. The van der Waals surface area contributed by atoms with Crippen molar-refractivity contribution >= 4 is 0 Å². The molecule has 1 saturated heterocycles. The van der Waals surface area contributed by atoms with E-state index in [0.717, 1.165) is 31.5 Å². The van der Waals surface area contributed by atoms with Gasteiger partial charge in [-0.15, -0.1) is 0 Å². The fourth-order valence-electron chi connectivity index (χ4n) is 3.45. The average molecular weight is 240 g/mol. The van der Waals surface area contributed by atoms with Crippen molar-refractivity contribution in [3.63, 3.8) is 0 Å². The van der Waals surface area contributed by atoms with Crippen molar-refractivity contribution in [1.82, 2.24) is 4.90 Å². The molecule has 100 valence electrons. The molecule has 0 amide bonds. The van der Waals surface area contributed by atoms with Crippen LogP contribution in [0.2, 0.25) is 0 Å². The first-order valence-corrected chi connectivity index (χ1v) is 7.30. The number of likely N-dealkylation sites (N-methyl/N-ethyl adjacent to an activating group) is 1. The van der Waals surface area contributed by atoms with E-state index >= 15 is 0 Å². The molecule has 2 aliphatic rings. The van der Waals surface area contributed by atoms with E-state index in [-0.39, 0.29) is 0 Å². The van der Waals surface area contributed by atoms with Gasteiger partial charge in [0.2, 0.25) is 0 Å². The Kier molecular flexibility index (Phi) is 5.26. The summed E-state index contributed by atoms with van der Waals surface area (Å²) in [5, 5.41) is 0. The summed E-state index contributed by atoms with van der Waals surface area (Å²) in [7, 11) is 2.24. The Labute approximate surface area is 106 Å². The highest BCUT2D eigenvalue weighted by molar-refractivity contribution is 4.79. The van der Waals surface area contributed by atoms with Gasteiger partial charge in [0.1, 0.15) is 0 Å². The molecule has 0 bridgehead atoms. The van der Waals surface area contributed by atoms with E-state index in [2.05, 4.69) is 11.9 Å². The lowest BCUT2D eigenvalue weighted by atomic mass is 9.79. The Hall–Kier alpha value is -0.120. The SMILES string of the molecule is CN(CC1CCCO1)CC1CCCCC1CN. The standard InChI is InChI=1S/C14H28N2O/c1-16(11-14-7-4-8-17-14)10-13-6-3-2-5-12(13)9-15/h12-14H,2-11,15H2,1H3. The van der Waals surface area contributed by atoms with Crippen molar-refractivity contribution in [2.45, 2.75) is 44.6 Å². The third-order valence-electron chi connectivity index (χ3n) is 4.45. The zero-order valence-electron chi connectivity index (χ0n) is 11.2. The van der Waals surface area contributed by atoms with Crippen LogP contribution in [-0.2, 0) is 4.74 Å². The van der Waals surface area contributed by atoms with E-state index in [1.165, 1.54) is 45.1 Å². The van der Waals surface area contributed by atoms with Crippen LogP contribution in [0.3, 0.4) is 0 Å². The highest BCUT2D eigenvalue weighted by Crippen LogP contribution is 2.30. The van der Waals surface area contributed by atoms with E-state index in [9.17, 15) is 0 Å². The minimum Gasteiger partial charge on any atom is -0.377 e. The van der Waals surface area contributed by atoms with Gasteiger partial charge in [-0.1, -0.05) is 12.8 Å². The van der Waals surface area contributed by atoms with Gasteiger partial charge < -0.3 is 15.4 Å². The molecule has 1 saturated carbocycles. The lowest BCUT2D eigenvalue weighted by Crippen LogP contribution is -2.38. The van der Waals surface area contributed by atoms with Gasteiger partial charge in [0.05, 0.1) is 6.10 Å². The van der Waals surface area contributed by atoms with Crippen molar-refractivity contribution in [3.8, 4) is 0 Å². The second-order valence-electron chi connectivity index (χ2n) is 5.90. The van der Waals surface area contributed by atoms with Crippen LogP contribution >= 0.6 is 0 Å². The third kappa shape index (κ3) is 3.94. The second kappa shape index (κ2) is 6.72. The molecule has 0 spiro atoms. The Morgan fingerprint density at radius 3 is 2.47 bits per heavy atom. The van der Waals surface area contributed by atoms with Crippen molar-refractivity contribution < 1.29 is 4.74 Å². The molecular weight excluding hydrogens is 212 g/mol. The summed E-state index contributed by atoms with van der Waals surface area (Å²) < 4.78 is 5.70. The maximum atomic E-state index is 5.89. The van der Waals surface area contributed by atoms with E-state index in [0.29, 0.717) is 6.10 Å². The Balaban J connectivity index is 1.73. The van der Waals surface area contributed by atoms with Gasteiger partial charge in [-0.2, -0.15) is 0 Å². The first-order chi connectivity index (χ1) is 8.29. The Morgan fingerprint density at radius 2 is 1.82 bits per heavy atom. The summed E-state index contributed by atoms with van der Waals surface area (Å²) >= 11 is 0. The van der Waals surface area contributed by atoms with Crippen molar-refractivity contribution in [1.29, 1.82) is 0 Å². The second-order valence-corrected chi connectivity index (χ2v) is 5.90. The normalized spacial score (nSPS) is 34.4. The zero-order chi connectivity index (χ0) is 12.1. The summed E-state index contributed by atoms with van der Waals surface area (Å²) in [6.07, 6.45) is 8.47. The molecule has 2 rings (SSSR count). The number of rotatable bonds is 5. The molecule has 0 aromatic rings. The lowest BCUT2D eigenvalue weighted by Gasteiger charge is -2.34. The van der Waals surface area contributed by atoms with E-state index in [4.69, 9.17) is 10.5 Å². The number of nitrogens with zero attached hydrogens (tertiary/aromatic N) is 1. The third-order valence-corrected chi connectivity index (χ3v) is 4.45. The fourth-order valence-corrected chi connectivity index (χ4v) is 3.45. The predicted molar refractivity (Wildman–Crippen MR) is 71.0 cm³/mol. The number of ether oxygens (including phenoxy) is 1. The zero-order valence-corrected chi connectivity index (χ0v) is 11.2. The van der Waals surface area contributed by atoms with Gasteiger partial charge >= 0.3 is 0 Å². The van der Waals surface area contributed by atoms with Crippen LogP contribution in [-0.4, -0.2) is 44.3 Å². The molecule has 1 aliphatic carbocycles. The molecule has 0 aromatic carbocycles. The molecule has 2 N–H and O–H groups in total. The molecule has 0 aromatic heterocycles. The quantitative estimate of drug-likeness (QED) is 0.797. The summed E-state index contributed by atoms with van der Waals surface area (Å²) in [6, 6.07) is 0. The van der Waals surface area contributed by atoms with Crippen molar-refractivity contribution in [3.05, 3.63) is 0 Å². The number of hydrogen-bond donors (Lipinski definition) is 1. The molecular formula is C14H28N2O. The van der Waals surface area contributed by atoms with Gasteiger partial charge in [-0.3, -0.25) is 0 Å². The molecule has 3 unspecified atom stereocenters. The first-order valence-electron chi connectivity index (χ1n) is 7.30. The van der Waals surface area contributed by atoms with Crippen molar-refractivity contribution in [2.24, 2.45) is 17.6 Å². The Bertz CT molecular complexity index is 216. The van der Waals surface area contributed by atoms with Crippen LogP contribution < -0.4 is 5.73 Å². The highest BCUT2D eigenvalue weighted by atomic mass is 16.5. The van der Waals surface area contributed by atoms with Gasteiger partial charge in [0.25, 0.3) is 0 Å².